The second-order valence-corrected chi connectivity index (χ2v) is 3.85. The maximum Gasteiger partial charge on any atom is 0.133 e. The van der Waals surface area contributed by atoms with Gasteiger partial charge in [-0.1, -0.05) is 12.1 Å². The number of rotatable bonds is 2. The molecule has 3 nitrogen and oxygen atoms in total. The third kappa shape index (κ3) is 1.75. The molecule has 2 rings (SSSR count). The van der Waals surface area contributed by atoms with E-state index in [-0.39, 0.29) is 0 Å². The van der Waals surface area contributed by atoms with E-state index in [0.29, 0.717) is 12.0 Å². The fourth-order valence-electron chi connectivity index (χ4n) is 1.94. The van der Waals surface area contributed by atoms with E-state index in [1.165, 1.54) is 12.8 Å². The molecule has 1 aromatic rings. The molecule has 1 aliphatic rings. The Labute approximate surface area is 78.5 Å². The van der Waals surface area contributed by atoms with Crippen LogP contribution in [0.2, 0.25) is 0 Å². The molecule has 0 aliphatic carbocycles. The summed E-state index contributed by atoms with van der Waals surface area (Å²) in [4.78, 5) is 0. The van der Waals surface area contributed by atoms with Gasteiger partial charge in [-0.2, -0.15) is 0 Å². The Morgan fingerprint density at radius 1 is 1.69 bits per heavy atom. The van der Waals surface area contributed by atoms with Crippen LogP contribution in [-0.2, 0) is 0 Å². The number of hydrogen-bond acceptors (Lipinski definition) is 3. The molecule has 0 amide bonds. The van der Waals surface area contributed by atoms with Crippen LogP contribution in [0.5, 0.6) is 0 Å². The number of aromatic nitrogens is 1. The Morgan fingerprint density at radius 2 is 2.54 bits per heavy atom. The number of hydrogen-bond donors (Lipinski definition) is 1. The minimum Gasteiger partial charge on any atom is -0.361 e. The zero-order valence-electron chi connectivity index (χ0n) is 8.21. The molecule has 1 N–H and O–H groups in total. The van der Waals surface area contributed by atoms with Crippen molar-refractivity contribution in [3.05, 3.63) is 17.5 Å². The van der Waals surface area contributed by atoms with Crippen molar-refractivity contribution < 1.29 is 4.52 Å². The molecule has 0 radical (unpaired) electrons. The van der Waals surface area contributed by atoms with E-state index < -0.39 is 0 Å². The van der Waals surface area contributed by atoms with Gasteiger partial charge in [0.25, 0.3) is 0 Å². The molecule has 3 heteroatoms. The zero-order valence-corrected chi connectivity index (χ0v) is 8.21. The minimum absolute atomic E-state index is 0.472. The molecule has 1 fully saturated rings. The molecule has 1 aromatic heterocycles. The summed E-state index contributed by atoms with van der Waals surface area (Å²) >= 11 is 0. The summed E-state index contributed by atoms with van der Waals surface area (Å²) < 4.78 is 5.07. The summed E-state index contributed by atoms with van der Waals surface area (Å²) in [6, 6.07) is 2.62. The predicted octanol–water partition coefficient (Wildman–Crippen LogP) is 1.84. The van der Waals surface area contributed by atoms with Crippen molar-refractivity contribution >= 4 is 0 Å². The molecule has 2 heterocycles. The molecular weight excluding hydrogens is 164 g/mol. The van der Waals surface area contributed by atoms with E-state index >= 15 is 0 Å². The van der Waals surface area contributed by atoms with Gasteiger partial charge in [0.1, 0.15) is 5.76 Å². The highest BCUT2D eigenvalue weighted by Gasteiger charge is 2.24. The third-order valence-corrected chi connectivity index (χ3v) is 2.81. The Hall–Kier alpha value is -0.830. The Kier molecular flexibility index (Phi) is 2.36. The molecule has 0 bridgehead atoms. The van der Waals surface area contributed by atoms with Crippen LogP contribution < -0.4 is 5.32 Å². The van der Waals surface area contributed by atoms with Gasteiger partial charge in [0.05, 0.1) is 5.69 Å². The smallest absolute Gasteiger partial charge is 0.133 e. The molecule has 2 unspecified atom stereocenters. The van der Waals surface area contributed by atoms with Gasteiger partial charge >= 0.3 is 0 Å². The van der Waals surface area contributed by atoms with Gasteiger partial charge in [-0.15, -0.1) is 0 Å². The van der Waals surface area contributed by atoms with Crippen LogP contribution in [0.3, 0.4) is 0 Å². The predicted molar refractivity (Wildman–Crippen MR) is 50.7 cm³/mol. The summed E-state index contributed by atoms with van der Waals surface area (Å²) in [6.45, 7) is 5.29. The van der Waals surface area contributed by atoms with Crippen LogP contribution in [-0.4, -0.2) is 17.7 Å². The van der Waals surface area contributed by atoms with Crippen molar-refractivity contribution in [2.45, 2.75) is 38.6 Å². The first kappa shape index (κ1) is 8.75. The topological polar surface area (TPSA) is 38.1 Å². The van der Waals surface area contributed by atoms with Crippen molar-refractivity contribution in [1.82, 2.24) is 10.5 Å². The average Bonchev–Trinajstić information content (AvgIpc) is 2.72. The van der Waals surface area contributed by atoms with E-state index in [1.54, 1.807) is 0 Å². The first-order chi connectivity index (χ1) is 6.27. The van der Waals surface area contributed by atoms with Crippen LogP contribution >= 0.6 is 0 Å². The van der Waals surface area contributed by atoms with Crippen molar-refractivity contribution in [1.29, 1.82) is 0 Å². The van der Waals surface area contributed by atoms with E-state index in [4.69, 9.17) is 4.52 Å². The summed E-state index contributed by atoms with van der Waals surface area (Å²) in [5, 5.41) is 7.53. The molecular formula is C10H16N2O. The second-order valence-electron chi connectivity index (χ2n) is 3.85. The number of aryl methyl sites for hydroxylation is 1. The summed E-state index contributed by atoms with van der Waals surface area (Å²) in [5.41, 5.74) is 1.08. The SMILES string of the molecule is Cc1cc(C(C)C2CCCN2)no1. The second kappa shape index (κ2) is 3.50. The highest BCUT2D eigenvalue weighted by molar-refractivity contribution is 5.11. The van der Waals surface area contributed by atoms with E-state index in [1.807, 2.05) is 13.0 Å². The van der Waals surface area contributed by atoms with Gasteiger partial charge in [0.2, 0.25) is 0 Å². The lowest BCUT2D eigenvalue weighted by molar-refractivity contribution is 0.378. The van der Waals surface area contributed by atoms with E-state index in [0.717, 1.165) is 18.0 Å². The molecule has 1 aliphatic heterocycles. The van der Waals surface area contributed by atoms with Gasteiger partial charge in [0.15, 0.2) is 0 Å². The van der Waals surface area contributed by atoms with Crippen LogP contribution in [0, 0.1) is 6.92 Å². The molecule has 13 heavy (non-hydrogen) atoms. The average molecular weight is 180 g/mol. The summed E-state index contributed by atoms with van der Waals surface area (Å²) in [7, 11) is 0. The maximum absolute atomic E-state index is 5.07. The molecule has 2 atom stereocenters. The monoisotopic (exact) mass is 180 g/mol. The lowest BCUT2D eigenvalue weighted by Gasteiger charge is -2.16. The zero-order chi connectivity index (χ0) is 9.26. The first-order valence-electron chi connectivity index (χ1n) is 4.94. The number of nitrogens with zero attached hydrogens (tertiary/aromatic N) is 1. The van der Waals surface area contributed by atoms with Crippen LogP contribution in [0.25, 0.3) is 0 Å². The van der Waals surface area contributed by atoms with E-state index in [9.17, 15) is 0 Å². The van der Waals surface area contributed by atoms with Crippen molar-refractivity contribution in [3.8, 4) is 0 Å². The molecule has 1 saturated heterocycles. The Morgan fingerprint density at radius 3 is 3.08 bits per heavy atom. The molecule has 0 saturated carbocycles. The first-order valence-corrected chi connectivity index (χ1v) is 4.94. The molecule has 72 valence electrons. The van der Waals surface area contributed by atoms with Crippen molar-refractivity contribution in [2.75, 3.05) is 6.54 Å². The fraction of sp³-hybridized carbons (Fsp3) is 0.700. The Bertz CT molecular complexity index is 276. The van der Waals surface area contributed by atoms with E-state index in [2.05, 4.69) is 17.4 Å². The lowest BCUT2D eigenvalue weighted by atomic mass is 9.97. The maximum atomic E-state index is 5.07. The summed E-state index contributed by atoms with van der Waals surface area (Å²) in [6.07, 6.45) is 2.54. The highest BCUT2D eigenvalue weighted by atomic mass is 16.5. The van der Waals surface area contributed by atoms with Gasteiger partial charge in [-0.25, -0.2) is 0 Å². The molecule has 0 spiro atoms. The minimum atomic E-state index is 0.472. The van der Waals surface area contributed by atoms with Gasteiger partial charge in [-0.3, -0.25) is 0 Å². The standard InChI is InChI=1S/C10H16N2O/c1-7-6-10(12-13-7)8(2)9-4-3-5-11-9/h6,8-9,11H,3-5H2,1-2H3. The van der Waals surface area contributed by atoms with Gasteiger partial charge in [0, 0.05) is 18.0 Å². The van der Waals surface area contributed by atoms with Crippen LogP contribution in [0.15, 0.2) is 10.6 Å². The molecule has 0 aromatic carbocycles. The third-order valence-electron chi connectivity index (χ3n) is 2.81. The van der Waals surface area contributed by atoms with Gasteiger partial charge in [-0.05, 0) is 26.3 Å². The van der Waals surface area contributed by atoms with Crippen LogP contribution in [0.1, 0.15) is 37.1 Å². The number of nitrogens with one attached hydrogen (secondary N) is 1. The summed E-state index contributed by atoms with van der Waals surface area (Å²) in [5.74, 6) is 1.37. The van der Waals surface area contributed by atoms with Gasteiger partial charge < -0.3 is 9.84 Å². The normalized spacial score (nSPS) is 24.9. The lowest BCUT2D eigenvalue weighted by Crippen LogP contribution is -2.27. The fourth-order valence-corrected chi connectivity index (χ4v) is 1.94. The quantitative estimate of drug-likeness (QED) is 0.754. The largest absolute Gasteiger partial charge is 0.361 e. The Balaban J connectivity index is 2.07. The van der Waals surface area contributed by atoms with Crippen molar-refractivity contribution in [3.63, 3.8) is 0 Å². The van der Waals surface area contributed by atoms with Crippen LogP contribution in [0.4, 0.5) is 0 Å². The van der Waals surface area contributed by atoms with Crippen molar-refractivity contribution in [2.24, 2.45) is 0 Å². The highest BCUT2D eigenvalue weighted by Crippen LogP contribution is 2.24.